The van der Waals surface area contributed by atoms with Crippen LogP contribution in [0.4, 0.5) is 21.9 Å². The maximum Gasteiger partial charge on any atom is 0.411 e. The third-order valence-electron chi connectivity index (χ3n) is 23.1. The number of amidine groups is 1. The second-order valence-electron chi connectivity index (χ2n) is 32.0. The summed E-state index contributed by atoms with van der Waals surface area (Å²) in [6.07, 6.45) is 41.3. The Balaban J connectivity index is 0.000000131. The van der Waals surface area contributed by atoms with Gasteiger partial charge < -0.3 is 41.5 Å². The van der Waals surface area contributed by atoms with Crippen LogP contribution in [0.3, 0.4) is 0 Å². The molecule has 0 aliphatic carbocycles. The normalized spacial score (nSPS) is 11.4. The van der Waals surface area contributed by atoms with Gasteiger partial charge in [-0.1, -0.05) is 78.2 Å². The van der Waals surface area contributed by atoms with Crippen LogP contribution in [0.1, 0.15) is 49.1 Å². The van der Waals surface area contributed by atoms with Crippen molar-refractivity contribution in [3.05, 3.63) is 300 Å². The summed E-state index contributed by atoms with van der Waals surface area (Å²) in [5, 5.41) is 39.8. The molecule has 0 spiro atoms. The number of hydrogen-bond donors (Lipinski definition) is 13. The molecule has 0 fully saturated rings. The number of aromatic amines is 8. The Hall–Kier alpha value is -19.8. The number of amides is 1. The summed E-state index contributed by atoms with van der Waals surface area (Å²) >= 11 is 0. The molecule has 0 bridgehead atoms. The largest absolute Gasteiger partial charge is 0.453 e. The van der Waals surface area contributed by atoms with Gasteiger partial charge in [0.2, 0.25) is 10.0 Å². The van der Waals surface area contributed by atoms with Crippen molar-refractivity contribution in [1.29, 1.82) is 0 Å². The van der Waals surface area contributed by atoms with Crippen LogP contribution in [0.15, 0.2) is 304 Å². The van der Waals surface area contributed by atoms with Crippen LogP contribution in [0.5, 0.6) is 0 Å². The quantitative estimate of drug-likeness (QED) is 0.0264. The minimum atomic E-state index is -3.40. The predicted octanol–water partition coefficient (Wildman–Crippen LogP) is 20.1. The fourth-order valence-corrected chi connectivity index (χ4v) is 16.8. The summed E-state index contributed by atoms with van der Waals surface area (Å²) < 4.78 is 31.2. The number of rotatable bonds is 19. The Morgan fingerprint density at radius 2 is 0.648 bits per heavy atom. The topological polar surface area (TPSA) is 557 Å². The van der Waals surface area contributed by atoms with Crippen molar-refractivity contribution in [3.63, 3.8) is 0 Å². The van der Waals surface area contributed by atoms with E-state index in [-0.39, 0.29) is 35.5 Å². The van der Waals surface area contributed by atoms with E-state index >= 15 is 0 Å². The molecule has 0 aliphatic heterocycles. The fraction of sp³-hybridized carbons (Fsp3) is 0.0952. The highest BCUT2D eigenvalue weighted by molar-refractivity contribution is 7.92. The van der Waals surface area contributed by atoms with E-state index in [0.717, 1.165) is 199 Å². The maximum absolute atomic E-state index is 12.0. The van der Waals surface area contributed by atoms with Gasteiger partial charge >= 0.3 is 6.09 Å². The molecule has 1 amide bonds. The standard InChI is InChI=1S/C26H21N9.C25H20N10.C25H20N8O2S.C25H18N8O2.4CH4/c1-2-31-25(27)18-8-17(11-29-12-18)15-5-6-21-19(9-15)24(35-34-21)26-32-22-14-30-13-20(23(22)33-26)16-4-3-7-28-10-16;1-27-25(26)31-17-7-16(10-29-11-17)14-4-5-20-18(8-14)23(35-34-20)24-32-21-13-30-12-19(22(21)33-24)15-3-2-6-28-9-15;1-2-36(34,35)33-18-8-17(11-27-12-18)15-5-6-21-19(9-15)24(32-31-21)25-29-22-14-28-13-20(23(22)30-25)16-4-3-7-26-10-16;1-35-25(34)29-17-7-16(10-27-11-17)14-4-5-20-18(8-14)23(33-32-20)24-30-21-13-28-12-19(22(21)31-24)15-3-2-6-26-9-15;;;;/h3-14H,2H2,1H3,(H2,27,31)(H,32,33)(H,34,35);2-13H,1H3,(H,32,33)(H,34,35)(H3,26,27,31);3-14,33H,2H2,1H3,(H,29,30)(H,31,32);2-13H,1H3,(H,29,34)(H,30,31)(H,32,33);4*1H4. The number of anilines is 3. The number of pyridine rings is 12. The SMILES string of the molecule is C.C.C.C.CCN=C(N)c1cncc(-c2ccc3[nH]nc(-c4nc5c(-c6cccnc6)cncc5[nH]4)c3c2)c1.CCS(=O)(=O)Nc1cncc(-c2ccc3[nH]nc(-c4nc5c(-c6cccnc6)cncc5[nH]4)c3c2)c1.CN=C(N)Nc1cncc(-c2ccc3[nH]nc(-c4nc5c(-c6cccnc6)cncc5[nH]4)c3c2)c1.COC(=O)Nc1cncc(-c2ccc3[nH]nc(-c4nc5c(-c6cccnc6)cncc5[nH]4)c3c2)c1. The number of guanidine groups is 1. The summed E-state index contributed by atoms with van der Waals surface area (Å²) in [7, 11) is -0.462. The number of methoxy groups -OCH3 is 1. The molecule has 0 aliphatic rings. The monoisotopic (exact) mass is 1940 g/mol. The average molecular weight is 1940 g/mol. The zero-order valence-electron chi connectivity index (χ0n) is 75.2. The fourth-order valence-electron chi connectivity index (χ4n) is 16.2. The van der Waals surface area contributed by atoms with Crippen molar-refractivity contribution >= 4 is 133 Å². The number of nitrogens with one attached hydrogen (secondary N) is 11. The van der Waals surface area contributed by atoms with Gasteiger partial charge in [0.25, 0.3) is 0 Å². The number of imidazole rings is 4. The van der Waals surface area contributed by atoms with Crippen LogP contribution < -0.4 is 26.8 Å². The first-order valence-corrected chi connectivity index (χ1v) is 45.6. The molecule has 4 aromatic carbocycles. The van der Waals surface area contributed by atoms with Crippen molar-refractivity contribution in [3.8, 4) is 135 Å². The van der Waals surface area contributed by atoms with Crippen LogP contribution in [0.25, 0.3) is 223 Å². The molecule has 0 atom stereocenters. The molecular weight excluding hydrogens is 1850 g/mol. The van der Waals surface area contributed by atoms with E-state index in [1.807, 2.05) is 141 Å². The van der Waals surface area contributed by atoms with Crippen molar-refractivity contribution in [2.24, 2.45) is 21.5 Å². The van der Waals surface area contributed by atoms with Gasteiger partial charge in [0, 0.05) is 213 Å². The third kappa shape index (κ3) is 20.2. The summed E-state index contributed by atoms with van der Waals surface area (Å²) in [5.41, 5.74) is 41.7. The van der Waals surface area contributed by atoms with Gasteiger partial charge in [-0.15, -0.1) is 0 Å². The van der Waals surface area contributed by atoms with Gasteiger partial charge in [-0.05, 0) is 133 Å². The van der Waals surface area contributed by atoms with E-state index in [4.69, 9.17) is 31.4 Å². The molecule has 20 aromatic heterocycles. The van der Waals surface area contributed by atoms with E-state index in [1.54, 1.807) is 156 Å². The van der Waals surface area contributed by atoms with Gasteiger partial charge in [0.15, 0.2) is 29.3 Å². The second kappa shape index (κ2) is 42.3. The van der Waals surface area contributed by atoms with Crippen molar-refractivity contribution < 1.29 is 17.9 Å². The van der Waals surface area contributed by atoms with Crippen LogP contribution in [-0.2, 0) is 14.8 Å². The molecule has 39 nitrogen and oxygen atoms in total. The summed E-state index contributed by atoms with van der Waals surface area (Å²) in [6.45, 7) is 4.16. The number of benzene rings is 4. The molecule has 20 heterocycles. The number of aromatic nitrogens is 28. The van der Waals surface area contributed by atoms with Gasteiger partial charge in [0.1, 0.15) is 50.7 Å². The van der Waals surface area contributed by atoms with E-state index in [2.05, 4.69) is 163 Å². The first-order valence-electron chi connectivity index (χ1n) is 44.0. The second-order valence-corrected chi connectivity index (χ2v) is 34.0. The highest BCUT2D eigenvalue weighted by atomic mass is 32.2. The Bertz CT molecular complexity index is 8990. The van der Waals surface area contributed by atoms with Crippen LogP contribution in [0, 0.1) is 0 Å². The Labute approximate surface area is 828 Å². The number of aliphatic imine (C=N–C) groups is 2. The number of carbonyl (C=O) groups excluding carboxylic acids is 1. The number of fused-ring (bicyclic) bond motifs is 8. The third-order valence-corrected chi connectivity index (χ3v) is 24.4. The molecule has 0 saturated carbocycles. The van der Waals surface area contributed by atoms with Crippen LogP contribution in [-0.4, -0.2) is 193 Å². The maximum atomic E-state index is 12.0. The van der Waals surface area contributed by atoms with Crippen molar-refractivity contribution in [2.45, 2.75) is 43.6 Å². The van der Waals surface area contributed by atoms with Crippen molar-refractivity contribution in [1.82, 2.24) is 140 Å². The number of carbonyl (C=O) groups is 1. The zero-order valence-corrected chi connectivity index (χ0v) is 76.0. The molecule has 145 heavy (non-hydrogen) atoms. The van der Waals surface area contributed by atoms with E-state index in [9.17, 15) is 13.2 Å². The predicted molar refractivity (Wildman–Crippen MR) is 570 cm³/mol. The van der Waals surface area contributed by atoms with Gasteiger partial charge in [-0.25, -0.2) is 33.1 Å². The number of hydrogen-bond acceptors (Lipinski definition) is 26. The summed E-state index contributed by atoms with van der Waals surface area (Å²) in [5.74, 6) is 3.33. The van der Waals surface area contributed by atoms with Crippen LogP contribution in [0.2, 0.25) is 0 Å². The number of sulfonamides is 1. The smallest absolute Gasteiger partial charge is 0.411 e. The summed E-state index contributed by atoms with van der Waals surface area (Å²) in [4.78, 5) is 104. The van der Waals surface area contributed by atoms with E-state index in [1.165, 1.54) is 13.3 Å². The zero-order chi connectivity index (χ0) is 96.0. The number of nitrogens with zero attached hydrogens (tertiary/aromatic N) is 22. The number of H-pyrrole nitrogens is 8. The minimum absolute atomic E-state index is 0. The lowest BCUT2D eigenvalue weighted by molar-refractivity contribution is 0.187. The Morgan fingerprint density at radius 1 is 0.345 bits per heavy atom. The molecule has 0 saturated heterocycles. The molecule has 0 radical (unpaired) electrons. The van der Waals surface area contributed by atoms with Gasteiger partial charge in [0.05, 0.1) is 117 Å². The average Bonchev–Trinajstić information content (AvgIpc) is 1.63. The first-order chi connectivity index (χ1) is 69.1. The molecule has 24 aromatic rings. The van der Waals surface area contributed by atoms with Gasteiger partial charge in [-0.3, -0.25) is 100 Å². The molecule has 720 valence electrons. The van der Waals surface area contributed by atoms with Crippen LogP contribution >= 0.6 is 0 Å². The lowest BCUT2D eigenvalue weighted by Gasteiger charge is -2.08. The molecular formula is C105H95N35O4S. The summed E-state index contributed by atoms with van der Waals surface area (Å²) in [6, 6.07) is 47.0. The van der Waals surface area contributed by atoms with Gasteiger partial charge in [-0.2, -0.15) is 20.4 Å². The Morgan fingerprint density at radius 3 is 0.959 bits per heavy atom. The van der Waals surface area contributed by atoms with Crippen molar-refractivity contribution in [2.75, 3.05) is 41.8 Å². The lowest BCUT2D eigenvalue weighted by atomic mass is 10.0. The van der Waals surface area contributed by atoms with E-state index < -0.39 is 16.1 Å². The highest BCUT2D eigenvalue weighted by Crippen LogP contribution is 2.40. The molecule has 40 heteroatoms. The molecule has 15 N–H and O–H groups in total. The number of ether oxygens (including phenoxy) is 1. The highest BCUT2D eigenvalue weighted by Gasteiger charge is 2.24. The lowest BCUT2D eigenvalue weighted by Crippen LogP contribution is -2.22. The number of nitrogens with two attached hydrogens (primary N) is 2. The van der Waals surface area contributed by atoms with E-state index in [0.29, 0.717) is 64.4 Å². The Kier molecular flexibility index (Phi) is 28.2. The minimum Gasteiger partial charge on any atom is -0.453 e. The molecule has 24 rings (SSSR count). The molecule has 0 unspecified atom stereocenters. The first kappa shape index (κ1) is 96.9.